The van der Waals surface area contributed by atoms with Crippen molar-refractivity contribution in [1.29, 1.82) is 0 Å². The molecule has 3 rings (SSSR count). The van der Waals surface area contributed by atoms with Gasteiger partial charge in [0.2, 0.25) is 11.8 Å². The monoisotopic (exact) mass is 405 g/mol. The molecule has 0 bridgehead atoms. The fourth-order valence-corrected chi connectivity index (χ4v) is 5.23. The van der Waals surface area contributed by atoms with Crippen molar-refractivity contribution in [2.24, 2.45) is 0 Å². The van der Waals surface area contributed by atoms with Crippen LogP contribution in [-0.2, 0) is 16.0 Å². The van der Waals surface area contributed by atoms with Gasteiger partial charge in [0, 0.05) is 22.3 Å². The Bertz CT molecular complexity index is 770. The normalized spacial score (nSPS) is 16.6. The van der Waals surface area contributed by atoms with E-state index in [0.29, 0.717) is 6.54 Å². The van der Waals surface area contributed by atoms with Gasteiger partial charge in [-0.25, -0.2) is 0 Å². The van der Waals surface area contributed by atoms with Gasteiger partial charge < -0.3 is 10.2 Å². The van der Waals surface area contributed by atoms with Gasteiger partial charge in [-0.2, -0.15) is 0 Å². The summed E-state index contributed by atoms with van der Waals surface area (Å²) in [5.74, 6) is 0.0534. The zero-order chi connectivity index (χ0) is 19.4. The van der Waals surface area contributed by atoms with Crippen LogP contribution in [-0.4, -0.2) is 53.8 Å². The Morgan fingerprint density at radius 3 is 2.74 bits per heavy atom. The van der Waals surface area contributed by atoms with Crippen molar-refractivity contribution in [3.63, 3.8) is 0 Å². The van der Waals surface area contributed by atoms with E-state index in [-0.39, 0.29) is 37.0 Å². The van der Waals surface area contributed by atoms with E-state index in [9.17, 15) is 9.59 Å². The van der Waals surface area contributed by atoms with Gasteiger partial charge >= 0.3 is 0 Å². The van der Waals surface area contributed by atoms with Gasteiger partial charge in [0.05, 0.1) is 19.1 Å². The lowest BCUT2D eigenvalue weighted by Gasteiger charge is -2.36. The molecule has 146 valence electrons. The predicted molar refractivity (Wildman–Crippen MR) is 111 cm³/mol. The smallest absolute Gasteiger partial charge is 0.237 e. The van der Waals surface area contributed by atoms with Gasteiger partial charge in [-0.3, -0.25) is 14.5 Å². The van der Waals surface area contributed by atoms with Crippen molar-refractivity contribution in [1.82, 2.24) is 15.1 Å². The van der Waals surface area contributed by atoms with Crippen LogP contribution in [0.3, 0.4) is 0 Å². The van der Waals surface area contributed by atoms with E-state index < -0.39 is 0 Å². The summed E-state index contributed by atoms with van der Waals surface area (Å²) in [6.45, 7) is 7.78. The van der Waals surface area contributed by atoms with Crippen molar-refractivity contribution in [3.05, 3.63) is 44.3 Å². The van der Waals surface area contributed by atoms with Gasteiger partial charge in [0.25, 0.3) is 0 Å². The molecule has 0 radical (unpaired) electrons. The lowest BCUT2D eigenvalue weighted by molar-refractivity contribution is -0.135. The molecule has 0 fully saturated rings. The Morgan fingerprint density at radius 2 is 2.07 bits per heavy atom. The first-order chi connectivity index (χ1) is 13.0. The average Bonchev–Trinajstić information content (AvgIpc) is 3.30. The Kier molecular flexibility index (Phi) is 6.68. The number of rotatable bonds is 7. The number of hydrogen-bond donors (Lipinski definition) is 1. The zero-order valence-electron chi connectivity index (χ0n) is 16.1. The van der Waals surface area contributed by atoms with Crippen LogP contribution in [0, 0.1) is 0 Å². The van der Waals surface area contributed by atoms with Crippen LogP contribution < -0.4 is 5.32 Å². The molecule has 2 aromatic rings. The summed E-state index contributed by atoms with van der Waals surface area (Å²) in [6, 6.07) is 6.40. The number of nitrogens with zero attached hydrogens (tertiary/aromatic N) is 2. The Balaban J connectivity index is 1.74. The zero-order valence-corrected chi connectivity index (χ0v) is 17.7. The number of carbonyl (C=O) groups is 2. The minimum absolute atomic E-state index is 0.00398. The van der Waals surface area contributed by atoms with Crippen molar-refractivity contribution >= 4 is 34.5 Å². The molecule has 0 aliphatic carbocycles. The molecule has 1 atom stereocenters. The molecule has 0 aromatic carbocycles. The summed E-state index contributed by atoms with van der Waals surface area (Å²) in [5, 5.41) is 7.08. The molecular weight excluding hydrogens is 378 g/mol. The fraction of sp³-hybridized carbons (Fsp3) is 0.500. The van der Waals surface area contributed by atoms with Crippen LogP contribution in [0.15, 0.2) is 29.0 Å². The molecule has 1 aliphatic heterocycles. The second-order valence-corrected chi connectivity index (χ2v) is 9.06. The highest BCUT2D eigenvalue weighted by molar-refractivity contribution is 7.10. The van der Waals surface area contributed by atoms with Crippen LogP contribution in [0.2, 0.25) is 0 Å². The summed E-state index contributed by atoms with van der Waals surface area (Å²) in [7, 11) is 0. The van der Waals surface area contributed by atoms with E-state index in [1.807, 2.05) is 36.6 Å². The largest absolute Gasteiger partial charge is 0.353 e. The minimum Gasteiger partial charge on any atom is -0.353 e. The maximum Gasteiger partial charge on any atom is 0.237 e. The maximum atomic E-state index is 13.2. The number of nitrogens with one attached hydrogen (secondary N) is 1. The number of thiophene rings is 2. The molecule has 1 unspecified atom stereocenters. The number of amides is 2. The van der Waals surface area contributed by atoms with Crippen LogP contribution in [0.5, 0.6) is 0 Å². The second kappa shape index (κ2) is 8.99. The molecule has 2 aromatic heterocycles. The van der Waals surface area contributed by atoms with Crippen LogP contribution in [0.25, 0.3) is 0 Å². The third-order valence-electron chi connectivity index (χ3n) is 4.72. The molecule has 2 amide bonds. The van der Waals surface area contributed by atoms with Gasteiger partial charge in [0.1, 0.15) is 0 Å². The first-order valence-electron chi connectivity index (χ1n) is 9.40. The first kappa shape index (κ1) is 20.0. The van der Waals surface area contributed by atoms with Crippen LogP contribution in [0.4, 0.5) is 0 Å². The number of fused-ring (bicyclic) bond motifs is 1. The third kappa shape index (κ3) is 4.78. The van der Waals surface area contributed by atoms with Crippen molar-refractivity contribution in [2.45, 2.75) is 39.3 Å². The van der Waals surface area contributed by atoms with Crippen LogP contribution >= 0.6 is 22.7 Å². The second-order valence-electron chi connectivity index (χ2n) is 7.08. The maximum absolute atomic E-state index is 13.2. The summed E-state index contributed by atoms with van der Waals surface area (Å²) >= 11 is 3.47. The van der Waals surface area contributed by atoms with Gasteiger partial charge in [-0.05, 0) is 55.3 Å². The predicted octanol–water partition coefficient (Wildman–Crippen LogP) is 3.13. The highest BCUT2D eigenvalue weighted by Gasteiger charge is 2.33. The standard InChI is InChI=1S/C20H27N3O2S2/c1-4-22(12-18(24)21-14(2)3)13-19(25)23-9-7-16-15(8-11-27-16)20(23)17-6-5-10-26-17/h5-6,8,10-11,14,20H,4,7,9,12-13H2,1-3H3,(H,21,24). The Hall–Kier alpha value is -1.70. The van der Waals surface area contributed by atoms with E-state index in [1.54, 1.807) is 22.7 Å². The molecule has 7 heteroatoms. The summed E-state index contributed by atoms with van der Waals surface area (Å²) < 4.78 is 0. The summed E-state index contributed by atoms with van der Waals surface area (Å²) in [4.78, 5) is 31.7. The molecule has 5 nitrogen and oxygen atoms in total. The van der Waals surface area contributed by atoms with Gasteiger partial charge in [-0.1, -0.05) is 13.0 Å². The Labute approximate surface area is 169 Å². The SMILES string of the molecule is CCN(CC(=O)NC(C)C)CC(=O)N1CCc2sccc2C1c1cccs1. The molecule has 1 aliphatic rings. The third-order valence-corrected chi connectivity index (χ3v) is 6.64. The number of likely N-dealkylation sites (N-methyl/N-ethyl adjacent to an activating group) is 1. The summed E-state index contributed by atoms with van der Waals surface area (Å²) in [5.41, 5.74) is 1.25. The highest BCUT2D eigenvalue weighted by Crippen LogP contribution is 2.39. The fourth-order valence-electron chi connectivity index (χ4n) is 3.47. The van der Waals surface area contributed by atoms with Gasteiger partial charge in [-0.15, -0.1) is 22.7 Å². The first-order valence-corrected chi connectivity index (χ1v) is 11.2. The van der Waals surface area contributed by atoms with Crippen molar-refractivity contribution in [2.75, 3.05) is 26.2 Å². The van der Waals surface area contributed by atoms with E-state index >= 15 is 0 Å². The molecule has 0 saturated carbocycles. The molecule has 0 saturated heterocycles. The average molecular weight is 406 g/mol. The summed E-state index contributed by atoms with van der Waals surface area (Å²) in [6.07, 6.45) is 0.903. The van der Waals surface area contributed by atoms with Crippen molar-refractivity contribution < 1.29 is 9.59 Å². The minimum atomic E-state index is -0.0341. The topological polar surface area (TPSA) is 52.7 Å². The lowest BCUT2D eigenvalue weighted by atomic mass is 9.98. The molecule has 3 heterocycles. The molecule has 1 N–H and O–H groups in total. The highest BCUT2D eigenvalue weighted by atomic mass is 32.1. The molecule has 0 spiro atoms. The molecular formula is C20H27N3O2S2. The molecule has 27 heavy (non-hydrogen) atoms. The van der Waals surface area contributed by atoms with Gasteiger partial charge in [0.15, 0.2) is 0 Å². The van der Waals surface area contributed by atoms with Crippen molar-refractivity contribution in [3.8, 4) is 0 Å². The number of hydrogen-bond acceptors (Lipinski definition) is 5. The quantitative estimate of drug-likeness (QED) is 0.770. The lowest BCUT2D eigenvalue weighted by Crippen LogP contribution is -2.47. The van der Waals surface area contributed by atoms with Crippen LogP contribution in [0.1, 0.15) is 42.1 Å². The Morgan fingerprint density at radius 1 is 1.26 bits per heavy atom. The van der Waals surface area contributed by atoms with E-state index in [0.717, 1.165) is 13.0 Å². The van der Waals surface area contributed by atoms with E-state index in [4.69, 9.17) is 0 Å². The van der Waals surface area contributed by atoms with E-state index in [2.05, 4.69) is 28.2 Å². The van der Waals surface area contributed by atoms with E-state index in [1.165, 1.54) is 15.3 Å². The number of carbonyl (C=O) groups excluding carboxylic acids is 2.